The number of amides is 1. The van der Waals surface area contributed by atoms with Gasteiger partial charge >= 0.3 is 11.7 Å². The summed E-state index contributed by atoms with van der Waals surface area (Å²) in [5.74, 6) is 0.700. The minimum absolute atomic E-state index is 0.133. The lowest BCUT2D eigenvalue weighted by Gasteiger charge is -2.16. The van der Waals surface area contributed by atoms with Gasteiger partial charge in [-0.15, -0.1) is 0 Å². The molecular formula is C18H15FN4O3. The summed E-state index contributed by atoms with van der Waals surface area (Å²) in [6.07, 6.45) is 0. The number of carbonyl (C=O) groups is 1. The van der Waals surface area contributed by atoms with E-state index < -0.39 is 5.69 Å². The molecule has 7 nitrogen and oxygen atoms in total. The normalized spacial score (nSPS) is 13.2. The van der Waals surface area contributed by atoms with Crippen molar-refractivity contribution in [3.63, 3.8) is 0 Å². The van der Waals surface area contributed by atoms with E-state index in [1.807, 2.05) is 0 Å². The van der Waals surface area contributed by atoms with E-state index in [1.165, 1.54) is 26.4 Å². The highest BCUT2D eigenvalue weighted by atomic mass is 19.1. The van der Waals surface area contributed by atoms with E-state index in [-0.39, 0.29) is 24.9 Å². The third-order valence-electron chi connectivity index (χ3n) is 4.27. The van der Waals surface area contributed by atoms with Gasteiger partial charge in [0.05, 0.1) is 20.2 Å². The van der Waals surface area contributed by atoms with Gasteiger partial charge in [0.1, 0.15) is 11.6 Å². The summed E-state index contributed by atoms with van der Waals surface area (Å²) in [6, 6.07) is 12.5. The maximum absolute atomic E-state index is 13.1. The predicted octanol–water partition coefficient (Wildman–Crippen LogP) is 2.23. The lowest BCUT2D eigenvalue weighted by Crippen LogP contribution is -2.34. The number of benzene rings is 2. The standard InChI is InChI=1S/C18H15FN4O3/c1-26-15-8-6-14(7-9-15)21-11-16-20-17(24)22(23(16)18(21)25)10-12-2-4-13(19)5-3-12/h2-9H,10-11H2,1H3. The third kappa shape index (κ3) is 2.65. The van der Waals surface area contributed by atoms with Crippen molar-refractivity contribution in [1.82, 2.24) is 14.3 Å². The number of fused-ring (bicyclic) bond motifs is 1. The highest BCUT2D eigenvalue weighted by Gasteiger charge is 2.33. The zero-order chi connectivity index (χ0) is 18.3. The highest BCUT2D eigenvalue weighted by Crippen LogP contribution is 2.25. The molecule has 0 atom stereocenters. The molecule has 132 valence electrons. The maximum atomic E-state index is 13.1. The molecule has 0 radical (unpaired) electrons. The number of aromatic nitrogens is 3. The number of rotatable bonds is 4. The fourth-order valence-electron chi connectivity index (χ4n) is 2.94. The molecule has 1 amide bonds. The van der Waals surface area contributed by atoms with Crippen LogP contribution in [0.5, 0.6) is 5.75 Å². The second-order valence-electron chi connectivity index (χ2n) is 5.87. The molecule has 2 aromatic carbocycles. The van der Waals surface area contributed by atoms with Gasteiger partial charge in [-0.3, -0.25) is 4.90 Å². The monoisotopic (exact) mass is 354 g/mol. The lowest BCUT2D eigenvalue weighted by atomic mass is 10.2. The first-order valence-corrected chi connectivity index (χ1v) is 7.96. The first-order valence-electron chi connectivity index (χ1n) is 7.96. The Hall–Kier alpha value is -3.42. The van der Waals surface area contributed by atoms with Crippen molar-refractivity contribution in [3.8, 4) is 5.75 Å². The van der Waals surface area contributed by atoms with Crippen molar-refractivity contribution in [1.29, 1.82) is 0 Å². The van der Waals surface area contributed by atoms with E-state index >= 15 is 0 Å². The Balaban J connectivity index is 1.65. The molecule has 0 spiro atoms. The van der Waals surface area contributed by atoms with Crippen LogP contribution in [-0.4, -0.2) is 27.5 Å². The fraction of sp³-hybridized carbons (Fsp3) is 0.167. The van der Waals surface area contributed by atoms with Crippen LogP contribution in [0.3, 0.4) is 0 Å². The quantitative estimate of drug-likeness (QED) is 0.720. The number of methoxy groups -OCH3 is 1. The number of ether oxygens (including phenoxy) is 1. The molecule has 0 bridgehead atoms. The number of hydrogen-bond acceptors (Lipinski definition) is 4. The second-order valence-corrected chi connectivity index (χ2v) is 5.87. The summed E-state index contributed by atoms with van der Waals surface area (Å²) in [5, 5.41) is 0. The molecule has 0 unspecified atom stereocenters. The minimum atomic E-state index is -0.507. The van der Waals surface area contributed by atoms with Crippen molar-refractivity contribution in [2.45, 2.75) is 13.1 Å². The smallest absolute Gasteiger partial charge is 0.364 e. The van der Waals surface area contributed by atoms with Gasteiger partial charge in [-0.1, -0.05) is 12.1 Å². The maximum Gasteiger partial charge on any atom is 0.364 e. The number of carbonyl (C=O) groups excluding carboxylic acids is 1. The average molecular weight is 354 g/mol. The highest BCUT2D eigenvalue weighted by molar-refractivity contribution is 5.95. The van der Waals surface area contributed by atoms with Gasteiger partial charge in [0.25, 0.3) is 0 Å². The van der Waals surface area contributed by atoms with Gasteiger partial charge in [-0.05, 0) is 42.0 Å². The van der Waals surface area contributed by atoms with E-state index in [0.717, 1.165) is 0 Å². The Kier molecular flexibility index (Phi) is 3.80. The summed E-state index contributed by atoms with van der Waals surface area (Å²) in [5.41, 5.74) is 0.876. The van der Waals surface area contributed by atoms with Crippen LogP contribution in [-0.2, 0) is 13.1 Å². The minimum Gasteiger partial charge on any atom is -0.497 e. The number of halogens is 1. The molecule has 26 heavy (non-hydrogen) atoms. The number of nitrogens with zero attached hydrogens (tertiary/aromatic N) is 4. The molecule has 0 fully saturated rings. The van der Waals surface area contributed by atoms with Gasteiger partial charge in [-0.25, -0.2) is 18.7 Å². The first kappa shape index (κ1) is 16.1. The zero-order valence-corrected chi connectivity index (χ0v) is 13.9. The topological polar surface area (TPSA) is 69.4 Å². The zero-order valence-electron chi connectivity index (χ0n) is 13.9. The Morgan fingerprint density at radius 1 is 1.08 bits per heavy atom. The van der Waals surface area contributed by atoms with E-state index in [0.29, 0.717) is 22.8 Å². The molecule has 1 aliphatic heterocycles. The van der Waals surface area contributed by atoms with Crippen LogP contribution in [0.4, 0.5) is 14.9 Å². The van der Waals surface area contributed by atoms with E-state index in [2.05, 4.69) is 4.98 Å². The second kappa shape index (κ2) is 6.14. The fourth-order valence-corrected chi connectivity index (χ4v) is 2.94. The van der Waals surface area contributed by atoms with Crippen LogP contribution in [0, 0.1) is 5.82 Å². The van der Waals surface area contributed by atoms with Gasteiger partial charge in [0.2, 0.25) is 0 Å². The van der Waals surface area contributed by atoms with Crippen LogP contribution in [0.2, 0.25) is 0 Å². The molecule has 1 aromatic heterocycles. The van der Waals surface area contributed by atoms with E-state index in [4.69, 9.17) is 4.74 Å². The van der Waals surface area contributed by atoms with Gasteiger partial charge in [0.15, 0.2) is 5.82 Å². The Bertz CT molecular complexity index is 1020. The van der Waals surface area contributed by atoms with Crippen molar-refractivity contribution in [3.05, 3.63) is 76.2 Å². The van der Waals surface area contributed by atoms with E-state index in [9.17, 15) is 14.0 Å². The molecule has 4 rings (SSSR count). The summed E-state index contributed by atoms with van der Waals surface area (Å²) in [4.78, 5) is 30.5. The van der Waals surface area contributed by atoms with Crippen LogP contribution < -0.4 is 15.3 Å². The summed E-state index contributed by atoms with van der Waals surface area (Å²) in [7, 11) is 1.57. The number of anilines is 1. The number of hydrogen-bond donors (Lipinski definition) is 0. The SMILES string of the molecule is COc1ccc(N2Cc3nc(=O)n(Cc4ccc(F)cc4)n3C2=O)cc1. The molecule has 0 aliphatic carbocycles. The van der Waals surface area contributed by atoms with Crippen LogP contribution >= 0.6 is 0 Å². The van der Waals surface area contributed by atoms with Gasteiger partial charge in [0, 0.05) is 5.69 Å². The summed E-state index contributed by atoms with van der Waals surface area (Å²) >= 11 is 0. The van der Waals surface area contributed by atoms with Crippen LogP contribution in [0.25, 0.3) is 0 Å². The molecule has 8 heteroatoms. The van der Waals surface area contributed by atoms with Crippen LogP contribution in [0.1, 0.15) is 11.4 Å². The largest absolute Gasteiger partial charge is 0.497 e. The predicted molar refractivity (Wildman–Crippen MR) is 92.0 cm³/mol. The molecule has 0 saturated heterocycles. The average Bonchev–Trinajstić information content (AvgIpc) is 3.13. The third-order valence-corrected chi connectivity index (χ3v) is 4.27. The Morgan fingerprint density at radius 3 is 2.42 bits per heavy atom. The van der Waals surface area contributed by atoms with Crippen LogP contribution in [0.15, 0.2) is 53.3 Å². The van der Waals surface area contributed by atoms with Crippen molar-refractivity contribution in [2.75, 3.05) is 12.0 Å². The lowest BCUT2D eigenvalue weighted by molar-refractivity contribution is 0.244. The molecule has 0 N–H and O–H groups in total. The molecule has 0 saturated carbocycles. The van der Waals surface area contributed by atoms with Crippen molar-refractivity contribution >= 4 is 11.7 Å². The first-order chi connectivity index (χ1) is 12.6. The summed E-state index contributed by atoms with van der Waals surface area (Å²) in [6.45, 7) is 0.338. The van der Waals surface area contributed by atoms with Gasteiger partial charge in [-0.2, -0.15) is 9.67 Å². The summed E-state index contributed by atoms with van der Waals surface area (Å²) < 4.78 is 20.7. The Morgan fingerprint density at radius 2 is 1.77 bits per heavy atom. The molecule has 3 aromatic rings. The molecule has 1 aliphatic rings. The van der Waals surface area contributed by atoms with Gasteiger partial charge < -0.3 is 4.74 Å². The Labute approximate surface area is 147 Å². The van der Waals surface area contributed by atoms with E-state index in [1.54, 1.807) is 43.5 Å². The van der Waals surface area contributed by atoms with Crippen molar-refractivity contribution in [2.24, 2.45) is 0 Å². The molecule has 2 heterocycles. The molecular weight excluding hydrogens is 339 g/mol. The van der Waals surface area contributed by atoms with Crippen molar-refractivity contribution < 1.29 is 13.9 Å².